The van der Waals surface area contributed by atoms with Gasteiger partial charge in [-0.15, -0.1) is 11.3 Å². The van der Waals surface area contributed by atoms with E-state index in [4.69, 9.17) is 9.47 Å². The van der Waals surface area contributed by atoms with Crippen LogP contribution in [0.5, 0.6) is 5.75 Å². The van der Waals surface area contributed by atoms with Gasteiger partial charge >= 0.3 is 23.7 Å². The van der Waals surface area contributed by atoms with Gasteiger partial charge in [-0.3, -0.25) is 0 Å². The summed E-state index contributed by atoms with van der Waals surface area (Å²) in [6.07, 6.45) is -2.07. The maximum atomic E-state index is 15.1. The Hall–Kier alpha value is -3.01. The van der Waals surface area contributed by atoms with Crippen LogP contribution in [0.2, 0.25) is 0 Å². The van der Waals surface area contributed by atoms with Crippen LogP contribution in [-0.2, 0) is 4.74 Å². The highest BCUT2D eigenvalue weighted by atomic mass is 32.1. The molecule has 0 bridgehead atoms. The lowest BCUT2D eigenvalue weighted by molar-refractivity contribution is -0.262. The molecule has 0 unspecified atom stereocenters. The van der Waals surface area contributed by atoms with E-state index in [1.807, 2.05) is 0 Å². The first-order chi connectivity index (χ1) is 15.8. The summed E-state index contributed by atoms with van der Waals surface area (Å²) in [4.78, 5) is 12.7. The van der Waals surface area contributed by atoms with E-state index in [0.717, 1.165) is 18.3 Å². The highest BCUT2D eigenvalue weighted by molar-refractivity contribution is 7.19. The molecule has 1 atom stereocenters. The number of methoxy groups -OCH3 is 1. The lowest BCUT2D eigenvalue weighted by atomic mass is 9.94. The van der Waals surface area contributed by atoms with Crippen molar-refractivity contribution < 1.29 is 40.6 Å². The van der Waals surface area contributed by atoms with Gasteiger partial charge in [-0.25, -0.2) is 4.79 Å². The molecular weight excluding hydrogens is 482 g/mol. The summed E-state index contributed by atoms with van der Waals surface area (Å²) >= 11 is 1.02. The molecule has 0 saturated carbocycles. The minimum Gasteiger partial charge on any atom is -0.497 e. The molecule has 0 radical (unpaired) electrons. The zero-order valence-corrected chi connectivity index (χ0v) is 18.9. The Labute approximate surface area is 194 Å². The summed E-state index contributed by atoms with van der Waals surface area (Å²) < 4.78 is 99.6. The Morgan fingerprint density at radius 1 is 0.941 bits per heavy atom. The fraction of sp³-hybridized carbons (Fsp3) is 0.292. The quantitative estimate of drug-likeness (QED) is 0.276. The van der Waals surface area contributed by atoms with E-state index in [0.29, 0.717) is 10.4 Å². The Morgan fingerprint density at radius 3 is 2.18 bits per heavy atom. The summed E-state index contributed by atoms with van der Waals surface area (Å²) in [5, 5.41) is 0.138. The number of benzene rings is 2. The fourth-order valence-electron chi connectivity index (χ4n) is 4.09. The third kappa shape index (κ3) is 3.38. The molecule has 180 valence electrons. The second-order valence-corrected chi connectivity index (χ2v) is 9.07. The van der Waals surface area contributed by atoms with Crippen molar-refractivity contribution >= 4 is 33.0 Å². The van der Waals surface area contributed by atoms with Crippen molar-refractivity contribution in [2.24, 2.45) is 0 Å². The highest BCUT2D eigenvalue weighted by Gasteiger charge is 2.81. The number of alkyl halides is 6. The second-order valence-electron chi connectivity index (χ2n) is 7.82. The average Bonchev–Trinajstić information content (AvgIpc) is 3.16. The minimum absolute atomic E-state index is 0.0909. The van der Waals surface area contributed by atoms with Crippen LogP contribution >= 0.6 is 11.3 Å². The standard InChI is InChI=1S/C24H18F6O3S/c1-12(33-21(31)14-8-10-15(32-3)11-9-14)19-20(23(27,28)24(29,30)22(19,25)26)18-13(2)34-17-7-5-4-6-16(17)18/h4-12H,1-3H3/t12-/m0/s1. The third-order valence-corrected chi connectivity index (χ3v) is 6.83. The largest absolute Gasteiger partial charge is 0.497 e. The Morgan fingerprint density at radius 2 is 1.56 bits per heavy atom. The van der Waals surface area contributed by atoms with E-state index < -0.39 is 46.6 Å². The van der Waals surface area contributed by atoms with Gasteiger partial charge in [0.25, 0.3) is 0 Å². The molecule has 0 saturated heterocycles. The van der Waals surface area contributed by atoms with Crippen molar-refractivity contribution in [3.63, 3.8) is 0 Å². The number of rotatable bonds is 5. The van der Waals surface area contributed by atoms with Crippen molar-refractivity contribution in [3.8, 4) is 5.75 Å². The van der Waals surface area contributed by atoms with Gasteiger partial charge in [-0.2, -0.15) is 26.3 Å². The smallest absolute Gasteiger partial charge is 0.380 e. The molecule has 10 heteroatoms. The SMILES string of the molecule is COc1ccc(C(=O)O[C@@H](C)C2=C(c3c(C)sc4ccccc34)C(F)(F)C(F)(F)C2(F)F)cc1. The fourth-order valence-corrected chi connectivity index (χ4v) is 5.16. The van der Waals surface area contributed by atoms with E-state index in [1.54, 1.807) is 12.1 Å². The van der Waals surface area contributed by atoms with Crippen LogP contribution in [0, 0.1) is 6.92 Å². The van der Waals surface area contributed by atoms with E-state index in [-0.39, 0.29) is 15.8 Å². The number of carbonyl (C=O) groups excluding carboxylic acids is 1. The van der Waals surface area contributed by atoms with E-state index in [9.17, 15) is 22.4 Å². The number of aryl methyl sites for hydroxylation is 1. The molecule has 34 heavy (non-hydrogen) atoms. The number of ether oxygens (including phenoxy) is 2. The van der Waals surface area contributed by atoms with Gasteiger partial charge in [0.05, 0.1) is 18.2 Å². The van der Waals surface area contributed by atoms with Crippen LogP contribution in [0.25, 0.3) is 15.7 Å². The first kappa shape index (κ1) is 24.1. The molecule has 1 aliphatic carbocycles. The number of allylic oxidation sites excluding steroid dienone is 1. The summed E-state index contributed by atoms with van der Waals surface area (Å²) in [5.41, 5.74) is -3.61. The first-order valence-corrected chi connectivity index (χ1v) is 10.9. The molecule has 0 amide bonds. The summed E-state index contributed by atoms with van der Waals surface area (Å²) in [5.74, 6) is -16.9. The molecule has 3 nitrogen and oxygen atoms in total. The maximum Gasteiger partial charge on any atom is 0.380 e. The molecule has 0 fully saturated rings. The number of hydrogen-bond acceptors (Lipinski definition) is 4. The van der Waals surface area contributed by atoms with Gasteiger partial charge < -0.3 is 9.47 Å². The highest BCUT2D eigenvalue weighted by Crippen LogP contribution is 2.64. The molecule has 1 aromatic heterocycles. The zero-order valence-electron chi connectivity index (χ0n) is 18.1. The van der Waals surface area contributed by atoms with Crippen LogP contribution in [0.1, 0.15) is 27.7 Å². The number of hydrogen-bond donors (Lipinski definition) is 0. The van der Waals surface area contributed by atoms with Crippen molar-refractivity contribution in [2.45, 2.75) is 37.7 Å². The first-order valence-electron chi connectivity index (χ1n) is 10.1. The lowest BCUT2D eigenvalue weighted by Crippen LogP contribution is -2.50. The third-order valence-electron chi connectivity index (χ3n) is 5.75. The van der Waals surface area contributed by atoms with Gasteiger partial charge in [0, 0.05) is 26.1 Å². The molecule has 0 N–H and O–H groups in total. The molecule has 2 aromatic carbocycles. The maximum absolute atomic E-state index is 15.1. The van der Waals surface area contributed by atoms with Gasteiger partial charge in [-0.1, -0.05) is 18.2 Å². The lowest BCUT2D eigenvalue weighted by Gasteiger charge is -2.26. The predicted octanol–water partition coefficient (Wildman–Crippen LogP) is 7.14. The number of esters is 1. The predicted molar refractivity (Wildman–Crippen MR) is 116 cm³/mol. The van der Waals surface area contributed by atoms with Gasteiger partial charge in [0.2, 0.25) is 0 Å². The van der Waals surface area contributed by atoms with Crippen molar-refractivity contribution in [3.05, 3.63) is 70.1 Å². The number of thiophene rings is 1. The summed E-state index contributed by atoms with van der Waals surface area (Å²) in [6, 6.07) is 11.4. The van der Waals surface area contributed by atoms with Crippen molar-refractivity contribution in [2.75, 3.05) is 7.11 Å². The van der Waals surface area contributed by atoms with Crippen LogP contribution in [0.3, 0.4) is 0 Å². The normalized spacial score (nSPS) is 19.3. The molecule has 3 aromatic rings. The minimum atomic E-state index is -5.72. The number of fused-ring (bicyclic) bond motifs is 1. The molecule has 4 rings (SSSR count). The van der Waals surface area contributed by atoms with Crippen LogP contribution < -0.4 is 4.74 Å². The van der Waals surface area contributed by atoms with Crippen LogP contribution in [0.15, 0.2) is 54.1 Å². The van der Waals surface area contributed by atoms with Gasteiger partial charge in [-0.05, 0) is 44.2 Å². The molecule has 1 heterocycles. The van der Waals surface area contributed by atoms with Crippen molar-refractivity contribution in [1.29, 1.82) is 0 Å². The average molecular weight is 500 g/mol. The number of halogens is 6. The monoisotopic (exact) mass is 500 g/mol. The number of carbonyl (C=O) groups is 1. The Bertz CT molecular complexity index is 1290. The molecule has 0 spiro atoms. The summed E-state index contributed by atoms with van der Waals surface area (Å²) in [7, 11) is 1.39. The Kier molecular flexibility index (Phi) is 5.70. The second kappa shape index (κ2) is 8.04. The van der Waals surface area contributed by atoms with Crippen LogP contribution in [-0.4, -0.2) is 37.0 Å². The van der Waals surface area contributed by atoms with E-state index >= 15 is 8.78 Å². The topological polar surface area (TPSA) is 35.5 Å². The van der Waals surface area contributed by atoms with Crippen LogP contribution in [0.4, 0.5) is 26.3 Å². The molecule has 0 aliphatic heterocycles. The molecular formula is C24H18F6O3S. The summed E-state index contributed by atoms with van der Waals surface area (Å²) in [6.45, 7) is 2.27. The van der Waals surface area contributed by atoms with E-state index in [1.165, 1.54) is 50.4 Å². The Balaban J connectivity index is 1.87. The van der Waals surface area contributed by atoms with Crippen molar-refractivity contribution in [1.82, 2.24) is 0 Å². The molecule has 1 aliphatic rings. The van der Waals surface area contributed by atoms with E-state index in [2.05, 4.69) is 0 Å². The zero-order chi connectivity index (χ0) is 25.1. The van der Waals surface area contributed by atoms with Gasteiger partial charge in [0.1, 0.15) is 11.9 Å². The van der Waals surface area contributed by atoms with Gasteiger partial charge in [0.15, 0.2) is 0 Å².